The Labute approximate surface area is 178 Å². The second-order valence-electron chi connectivity index (χ2n) is 6.62. The summed E-state index contributed by atoms with van der Waals surface area (Å²) in [5.74, 6) is -0.532. The van der Waals surface area contributed by atoms with E-state index in [1.54, 1.807) is 19.2 Å². The number of amides is 2. The van der Waals surface area contributed by atoms with E-state index in [0.717, 1.165) is 23.1 Å². The van der Waals surface area contributed by atoms with E-state index in [4.69, 9.17) is 4.74 Å². The Morgan fingerprint density at radius 1 is 1.27 bits per heavy atom. The fraction of sp³-hybridized carbons (Fsp3) is 0.227. The maximum Gasteiger partial charge on any atom is 0.230 e. The third-order valence-corrected chi connectivity index (χ3v) is 5.64. The first kappa shape index (κ1) is 21.4. The number of benzene rings is 2. The maximum atomic E-state index is 13.2. The van der Waals surface area contributed by atoms with Crippen LogP contribution in [-0.4, -0.2) is 24.7 Å². The van der Waals surface area contributed by atoms with Gasteiger partial charge in [0.1, 0.15) is 11.6 Å². The van der Waals surface area contributed by atoms with E-state index in [2.05, 4.69) is 16.7 Å². The van der Waals surface area contributed by atoms with Gasteiger partial charge in [0.15, 0.2) is 0 Å². The fourth-order valence-corrected chi connectivity index (χ4v) is 3.95. The number of methoxy groups -OCH3 is 1. The Kier molecular flexibility index (Phi) is 7.09. The van der Waals surface area contributed by atoms with Crippen LogP contribution in [0.1, 0.15) is 23.5 Å². The molecule has 1 aliphatic heterocycles. The minimum Gasteiger partial charge on any atom is -0.497 e. The Balaban J connectivity index is 1.64. The van der Waals surface area contributed by atoms with Gasteiger partial charge < -0.3 is 15.4 Å². The van der Waals surface area contributed by atoms with Gasteiger partial charge in [-0.3, -0.25) is 9.59 Å². The third-order valence-electron chi connectivity index (χ3n) is 4.62. The lowest BCUT2D eigenvalue weighted by molar-refractivity contribution is -0.121. The standard InChI is InChI=1S/C22H20FN3O3S/c1-29-17-8-2-14(3-9-17)12-25-21(28)13-30-22-19(11-24)18(10-20(27)26-22)15-4-6-16(23)7-5-15/h2-9,18H,10,12-13H2,1H3,(H,25,28)(H,26,27)/t18-/m0/s1. The number of carbonyl (C=O) groups excluding carboxylic acids is 2. The molecular weight excluding hydrogens is 405 g/mol. The topological polar surface area (TPSA) is 91.2 Å². The molecular formula is C22H20FN3O3S. The zero-order chi connectivity index (χ0) is 21.5. The van der Waals surface area contributed by atoms with E-state index in [0.29, 0.717) is 22.7 Å². The molecule has 0 radical (unpaired) electrons. The minimum atomic E-state index is -0.464. The highest BCUT2D eigenvalue weighted by Gasteiger charge is 2.29. The number of nitrogens with one attached hydrogen (secondary N) is 2. The molecule has 3 rings (SSSR count). The van der Waals surface area contributed by atoms with Crippen molar-refractivity contribution in [2.75, 3.05) is 12.9 Å². The number of halogens is 1. The lowest BCUT2D eigenvalue weighted by atomic mass is 9.87. The minimum absolute atomic E-state index is 0.0487. The Morgan fingerprint density at radius 3 is 2.60 bits per heavy atom. The molecule has 0 aromatic heterocycles. The molecule has 6 nitrogen and oxygen atoms in total. The molecule has 1 aliphatic rings. The number of hydrogen-bond acceptors (Lipinski definition) is 5. The summed E-state index contributed by atoms with van der Waals surface area (Å²) >= 11 is 1.10. The van der Waals surface area contributed by atoms with Crippen LogP contribution < -0.4 is 15.4 Å². The Morgan fingerprint density at radius 2 is 1.97 bits per heavy atom. The van der Waals surface area contributed by atoms with E-state index in [-0.39, 0.29) is 29.8 Å². The summed E-state index contributed by atoms with van der Waals surface area (Å²) in [5.41, 5.74) is 1.98. The van der Waals surface area contributed by atoms with Crippen LogP contribution in [0.4, 0.5) is 4.39 Å². The van der Waals surface area contributed by atoms with Crippen LogP contribution in [0, 0.1) is 17.1 Å². The van der Waals surface area contributed by atoms with Crippen LogP contribution in [0.25, 0.3) is 0 Å². The molecule has 30 heavy (non-hydrogen) atoms. The first-order valence-corrected chi connectivity index (χ1v) is 10.2. The number of nitrogens with zero attached hydrogens (tertiary/aromatic N) is 1. The van der Waals surface area contributed by atoms with Crippen LogP contribution in [0.3, 0.4) is 0 Å². The molecule has 0 saturated carbocycles. The monoisotopic (exact) mass is 425 g/mol. The van der Waals surface area contributed by atoms with Gasteiger partial charge in [-0.1, -0.05) is 36.0 Å². The SMILES string of the molecule is COc1ccc(CNC(=O)CSC2=C(C#N)[C@H](c3ccc(F)cc3)CC(=O)N2)cc1. The van der Waals surface area contributed by atoms with Gasteiger partial charge in [0, 0.05) is 18.9 Å². The zero-order valence-corrected chi connectivity index (χ0v) is 17.1. The van der Waals surface area contributed by atoms with Crippen LogP contribution in [0.2, 0.25) is 0 Å². The molecule has 154 valence electrons. The molecule has 2 aromatic rings. The summed E-state index contributed by atoms with van der Waals surface area (Å²) in [4.78, 5) is 24.4. The summed E-state index contributed by atoms with van der Waals surface area (Å²) in [6, 6.07) is 15.2. The van der Waals surface area contributed by atoms with Crippen LogP contribution in [0.5, 0.6) is 5.75 Å². The van der Waals surface area contributed by atoms with Gasteiger partial charge in [0.25, 0.3) is 0 Å². The van der Waals surface area contributed by atoms with Crippen LogP contribution in [0.15, 0.2) is 59.1 Å². The first-order chi connectivity index (χ1) is 14.5. The van der Waals surface area contributed by atoms with E-state index in [1.807, 2.05) is 24.3 Å². The van der Waals surface area contributed by atoms with Gasteiger partial charge in [-0.15, -0.1) is 0 Å². The number of hydrogen-bond donors (Lipinski definition) is 2. The van der Waals surface area contributed by atoms with E-state index < -0.39 is 5.92 Å². The molecule has 0 fully saturated rings. The number of nitriles is 1. The molecule has 0 unspecified atom stereocenters. The second-order valence-corrected chi connectivity index (χ2v) is 7.61. The van der Waals surface area contributed by atoms with Gasteiger partial charge in [-0.05, 0) is 35.4 Å². The van der Waals surface area contributed by atoms with Crippen molar-refractivity contribution < 1.29 is 18.7 Å². The van der Waals surface area contributed by atoms with Crippen molar-refractivity contribution in [3.8, 4) is 11.8 Å². The molecule has 8 heteroatoms. The predicted molar refractivity (Wildman–Crippen MR) is 112 cm³/mol. The summed E-state index contributed by atoms with van der Waals surface area (Å²) in [6.07, 6.45) is 0.0995. The number of carbonyl (C=O) groups is 2. The van der Waals surface area contributed by atoms with Gasteiger partial charge in [0.05, 0.1) is 29.5 Å². The largest absolute Gasteiger partial charge is 0.497 e. The normalized spacial score (nSPS) is 15.9. The van der Waals surface area contributed by atoms with E-state index in [1.165, 1.54) is 12.1 Å². The van der Waals surface area contributed by atoms with Crippen LogP contribution in [-0.2, 0) is 16.1 Å². The summed E-state index contributed by atoms with van der Waals surface area (Å²) in [6.45, 7) is 0.359. The van der Waals surface area contributed by atoms with Crippen LogP contribution >= 0.6 is 11.8 Å². The molecule has 0 spiro atoms. The lowest BCUT2D eigenvalue weighted by Crippen LogP contribution is -2.32. The molecule has 0 saturated heterocycles. The number of ether oxygens (including phenoxy) is 1. The number of rotatable bonds is 7. The van der Waals surface area contributed by atoms with E-state index >= 15 is 0 Å². The molecule has 2 N–H and O–H groups in total. The Bertz CT molecular complexity index is 998. The molecule has 2 amide bonds. The molecule has 0 bridgehead atoms. The summed E-state index contributed by atoms with van der Waals surface area (Å²) < 4.78 is 18.3. The second kappa shape index (κ2) is 9.94. The fourth-order valence-electron chi connectivity index (χ4n) is 3.05. The van der Waals surface area contributed by atoms with Crippen molar-refractivity contribution in [1.29, 1.82) is 5.26 Å². The van der Waals surface area contributed by atoms with Gasteiger partial charge in [-0.25, -0.2) is 4.39 Å². The average Bonchev–Trinajstić information content (AvgIpc) is 2.76. The van der Waals surface area contributed by atoms with Crippen molar-refractivity contribution in [3.63, 3.8) is 0 Å². The van der Waals surface area contributed by atoms with Crippen molar-refractivity contribution in [2.45, 2.75) is 18.9 Å². The summed E-state index contributed by atoms with van der Waals surface area (Å²) in [7, 11) is 1.59. The Hall–Kier alpha value is -3.31. The highest BCUT2D eigenvalue weighted by Crippen LogP contribution is 2.35. The number of thioether (sulfide) groups is 1. The third kappa shape index (κ3) is 5.39. The number of allylic oxidation sites excluding steroid dienone is 1. The zero-order valence-electron chi connectivity index (χ0n) is 16.3. The molecule has 2 aromatic carbocycles. The van der Waals surface area contributed by atoms with E-state index in [9.17, 15) is 19.2 Å². The summed E-state index contributed by atoms with van der Waals surface area (Å²) in [5, 5.41) is 15.5. The molecule has 0 aliphatic carbocycles. The quantitative estimate of drug-likeness (QED) is 0.711. The highest BCUT2D eigenvalue weighted by atomic mass is 32.2. The highest BCUT2D eigenvalue weighted by molar-refractivity contribution is 8.03. The smallest absolute Gasteiger partial charge is 0.230 e. The maximum absolute atomic E-state index is 13.2. The van der Waals surface area contributed by atoms with Gasteiger partial charge >= 0.3 is 0 Å². The predicted octanol–water partition coefficient (Wildman–Crippen LogP) is 3.22. The average molecular weight is 425 g/mol. The molecule has 1 heterocycles. The van der Waals surface area contributed by atoms with Crippen molar-refractivity contribution in [2.24, 2.45) is 0 Å². The lowest BCUT2D eigenvalue weighted by Gasteiger charge is -2.25. The first-order valence-electron chi connectivity index (χ1n) is 9.22. The van der Waals surface area contributed by atoms with Crippen molar-refractivity contribution in [3.05, 3.63) is 76.1 Å². The van der Waals surface area contributed by atoms with Gasteiger partial charge in [-0.2, -0.15) is 5.26 Å². The van der Waals surface area contributed by atoms with Crippen molar-refractivity contribution >= 4 is 23.6 Å². The van der Waals surface area contributed by atoms with Crippen molar-refractivity contribution in [1.82, 2.24) is 10.6 Å². The molecule has 1 atom stereocenters. The van der Waals surface area contributed by atoms with Gasteiger partial charge in [0.2, 0.25) is 11.8 Å².